The summed E-state index contributed by atoms with van der Waals surface area (Å²) in [5, 5.41) is 0. The summed E-state index contributed by atoms with van der Waals surface area (Å²) in [5.41, 5.74) is 23.5. The van der Waals surface area contributed by atoms with Crippen LogP contribution in [0.5, 0.6) is 0 Å². The van der Waals surface area contributed by atoms with Crippen LogP contribution in [-0.2, 0) is 23.7 Å². The quantitative estimate of drug-likeness (QED) is 0.170. The van der Waals surface area contributed by atoms with Crippen molar-refractivity contribution in [1.82, 2.24) is 0 Å². The molecule has 0 atom stereocenters. The average molecular weight is 711 g/mol. The second-order valence-electron chi connectivity index (χ2n) is 17.9. The van der Waals surface area contributed by atoms with Gasteiger partial charge in [0.25, 0.3) is 0 Å². The number of hydrogen-bond acceptors (Lipinski definition) is 2. The third-order valence-electron chi connectivity index (χ3n) is 11.4. The smallest absolute Gasteiger partial charge is 0.0520 e. The Kier molecular flexibility index (Phi) is 9.63. The zero-order valence-electron chi connectivity index (χ0n) is 34.7. The number of benzene rings is 6. The molecule has 0 unspecified atom stereocenters. The molecule has 1 aliphatic carbocycles. The van der Waals surface area contributed by atoms with Crippen molar-refractivity contribution in [2.45, 2.75) is 107 Å². The Morgan fingerprint density at radius 3 is 0.963 bits per heavy atom. The topological polar surface area (TPSA) is 6.48 Å². The zero-order valence-corrected chi connectivity index (χ0v) is 34.7. The molecule has 0 fully saturated rings. The van der Waals surface area contributed by atoms with Crippen LogP contribution in [0.25, 0.3) is 11.1 Å². The van der Waals surface area contributed by atoms with Gasteiger partial charge in [0.15, 0.2) is 0 Å². The third-order valence-corrected chi connectivity index (χ3v) is 11.4. The summed E-state index contributed by atoms with van der Waals surface area (Å²) in [6, 6.07) is 41.8. The van der Waals surface area contributed by atoms with Gasteiger partial charge in [0, 0.05) is 22.7 Å². The van der Waals surface area contributed by atoms with E-state index in [9.17, 15) is 0 Å². The molecule has 1 aliphatic rings. The number of rotatable bonds is 6. The van der Waals surface area contributed by atoms with E-state index in [4.69, 9.17) is 0 Å². The van der Waals surface area contributed by atoms with E-state index in [2.05, 4.69) is 202 Å². The summed E-state index contributed by atoms with van der Waals surface area (Å²) in [5.74, 6) is 0. The van der Waals surface area contributed by atoms with Crippen molar-refractivity contribution in [3.05, 3.63) is 165 Å². The van der Waals surface area contributed by atoms with Crippen LogP contribution in [0.4, 0.5) is 34.1 Å². The van der Waals surface area contributed by atoms with Crippen LogP contribution in [0.15, 0.2) is 109 Å². The Hall–Kier alpha value is -5.08. The molecule has 0 N–H and O–H groups in total. The predicted molar refractivity (Wildman–Crippen MR) is 234 cm³/mol. The first-order valence-corrected chi connectivity index (χ1v) is 19.7. The van der Waals surface area contributed by atoms with Gasteiger partial charge in [0.2, 0.25) is 0 Å². The molecule has 276 valence electrons. The molecule has 6 aromatic rings. The lowest BCUT2D eigenvalue weighted by molar-refractivity contribution is 0.589. The molecule has 54 heavy (non-hydrogen) atoms. The van der Waals surface area contributed by atoms with Gasteiger partial charge in [0.1, 0.15) is 0 Å². The van der Waals surface area contributed by atoms with Crippen LogP contribution in [0.1, 0.15) is 97.2 Å². The lowest BCUT2D eigenvalue weighted by Crippen LogP contribution is -2.17. The highest BCUT2D eigenvalue weighted by atomic mass is 15.2. The van der Waals surface area contributed by atoms with Gasteiger partial charge in [-0.25, -0.2) is 0 Å². The summed E-state index contributed by atoms with van der Waals surface area (Å²) in [6.45, 7) is 27.2. The van der Waals surface area contributed by atoms with Crippen molar-refractivity contribution in [2.75, 3.05) is 9.80 Å². The van der Waals surface area contributed by atoms with E-state index in [-0.39, 0.29) is 10.8 Å². The molecule has 0 radical (unpaired) electrons. The second-order valence-corrected chi connectivity index (χ2v) is 17.9. The number of aryl methyl sites for hydroxylation is 8. The Morgan fingerprint density at radius 1 is 0.370 bits per heavy atom. The van der Waals surface area contributed by atoms with Crippen molar-refractivity contribution in [2.24, 2.45) is 0 Å². The molecule has 0 bridgehead atoms. The molecular formula is C52H58N2. The minimum Gasteiger partial charge on any atom is -0.310 e. The zero-order chi connectivity index (χ0) is 38.7. The third kappa shape index (κ3) is 7.12. The van der Waals surface area contributed by atoms with Crippen LogP contribution in [0.3, 0.4) is 0 Å². The van der Waals surface area contributed by atoms with Gasteiger partial charge in [-0.1, -0.05) is 113 Å². The second kappa shape index (κ2) is 14.0. The van der Waals surface area contributed by atoms with E-state index < -0.39 is 0 Å². The lowest BCUT2D eigenvalue weighted by atomic mass is 9.83. The van der Waals surface area contributed by atoms with Crippen LogP contribution in [-0.4, -0.2) is 0 Å². The highest BCUT2D eigenvalue weighted by Gasteiger charge is 2.26. The minimum absolute atomic E-state index is 0.0908. The highest BCUT2D eigenvalue weighted by molar-refractivity contribution is 5.86. The summed E-state index contributed by atoms with van der Waals surface area (Å²) in [4.78, 5) is 4.95. The van der Waals surface area contributed by atoms with E-state index in [1.54, 1.807) is 0 Å². The predicted octanol–water partition coefficient (Wildman–Crippen LogP) is 14.8. The molecule has 0 spiro atoms. The largest absolute Gasteiger partial charge is 0.310 e. The van der Waals surface area contributed by atoms with Crippen LogP contribution < -0.4 is 9.80 Å². The number of hydrogen-bond donors (Lipinski definition) is 0. The fraction of sp³-hybridized carbons (Fsp3) is 0.308. The summed E-state index contributed by atoms with van der Waals surface area (Å²) < 4.78 is 0. The van der Waals surface area contributed by atoms with E-state index in [0.717, 1.165) is 12.8 Å². The highest BCUT2D eigenvalue weighted by Crippen LogP contribution is 2.46. The fourth-order valence-corrected chi connectivity index (χ4v) is 8.33. The summed E-state index contributed by atoms with van der Waals surface area (Å²) in [7, 11) is 0. The molecule has 0 aromatic heterocycles. The maximum atomic E-state index is 2.48. The molecule has 7 rings (SSSR count). The molecule has 0 saturated heterocycles. The summed E-state index contributed by atoms with van der Waals surface area (Å²) >= 11 is 0. The van der Waals surface area contributed by atoms with Crippen LogP contribution >= 0.6 is 0 Å². The van der Waals surface area contributed by atoms with Crippen molar-refractivity contribution in [1.29, 1.82) is 0 Å². The van der Waals surface area contributed by atoms with Gasteiger partial charge in [-0.15, -0.1) is 0 Å². The standard InChI is InChI=1S/C52H58N2/c1-33-13-19-43(20-14-33)53(49-35(3)27-41(28-36(49)4)51(7,8)9)45-23-25-47-39(31-45)17-18-40-32-46(24-26-48(40)47)54(44-21-15-34(2)16-22-44)50-37(5)29-42(30-38(50)6)52(10,11)12/h13-16,19-32H,17-18H2,1-12H3. The lowest BCUT2D eigenvalue weighted by Gasteiger charge is -2.33. The number of anilines is 6. The van der Waals surface area contributed by atoms with Gasteiger partial charge in [-0.05, 0) is 169 Å². The minimum atomic E-state index is 0.0908. The van der Waals surface area contributed by atoms with Crippen molar-refractivity contribution >= 4 is 34.1 Å². The van der Waals surface area contributed by atoms with Gasteiger partial charge < -0.3 is 9.80 Å². The molecule has 0 amide bonds. The first kappa shape index (κ1) is 37.2. The first-order chi connectivity index (χ1) is 25.5. The van der Waals surface area contributed by atoms with Gasteiger partial charge in [0.05, 0.1) is 11.4 Å². The maximum absolute atomic E-state index is 2.48. The van der Waals surface area contributed by atoms with E-state index in [1.165, 1.54) is 101 Å². The maximum Gasteiger partial charge on any atom is 0.0520 e. The number of fused-ring (bicyclic) bond motifs is 3. The Morgan fingerprint density at radius 2 is 0.667 bits per heavy atom. The molecular weight excluding hydrogens is 653 g/mol. The van der Waals surface area contributed by atoms with Gasteiger partial charge in [-0.2, -0.15) is 0 Å². The molecule has 0 heterocycles. The van der Waals surface area contributed by atoms with E-state index >= 15 is 0 Å². The van der Waals surface area contributed by atoms with Crippen molar-refractivity contribution in [3.63, 3.8) is 0 Å². The number of nitrogens with zero attached hydrogens (tertiary/aromatic N) is 2. The normalized spacial score (nSPS) is 12.7. The van der Waals surface area contributed by atoms with Crippen molar-refractivity contribution in [3.8, 4) is 11.1 Å². The SMILES string of the molecule is Cc1ccc(N(c2ccc3c(c2)CCc2cc(N(c4ccc(C)cc4)c4c(C)cc(C(C)(C)C)cc4C)ccc2-3)c2c(C)cc(C(C)(C)C)cc2C)cc1. The van der Waals surface area contributed by atoms with E-state index in [1.807, 2.05) is 0 Å². The van der Waals surface area contributed by atoms with E-state index in [0.29, 0.717) is 0 Å². The summed E-state index contributed by atoms with van der Waals surface area (Å²) in [6.07, 6.45) is 2.01. The fourth-order valence-electron chi connectivity index (χ4n) is 8.33. The molecule has 6 aromatic carbocycles. The molecule has 2 nitrogen and oxygen atoms in total. The monoisotopic (exact) mass is 710 g/mol. The molecule has 2 heteroatoms. The van der Waals surface area contributed by atoms with Crippen molar-refractivity contribution < 1.29 is 0 Å². The van der Waals surface area contributed by atoms with Gasteiger partial charge >= 0.3 is 0 Å². The van der Waals surface area contributed by atoms with Crippen LogP contribution in [0, 0.1) is 41.5 Å². The molecule has 0 aliphatic heterocycles. The van der Waals surface area contributed by atoms with Crippen LogP contribution in [0.2, 0.25) is 0 Å². The average Bonchev–Trinajstić information content (AvgIpc) is 3.11. The Labute approximate surface area is 325 Å². The Bertz CT molecular complexity index is 2130. The first-order valence-electron chi connectivity index (χ1n) is 19.7. The molecule has 0 saturated carbocycles. The van der Waals surface area contributed by atoms with Gasteiger partial charge in [-0.3, -0.25) is 0 Å². The Balaban J connectivity index is 1.32.